The molecule has 0 spiro atoms. The van der Waals surface area contributed by atoms with E-state index in [-0.39, 0.29) is 5.91 Å². The predicted octanol–water partition coefficient (Wildman–Crippen LogP) is 6.51. The number of imidazole rings is 1. The standard InChI is InChI=1S/C23H18Cl4N4O/c1-13(23(32)29-12-14-3-2-6-28-11-14)31-21-10-19(27)18(26)9-20(21)30-22(31)7-15-4-5-16(24)8-17(15)25/h2-6,8-11,13H,7,12H2,1H3,(H,29,32)/t13-/m1/s1. The maximum Gasteiger partial charge on any atom is 0.243 e. The zero-order valence-corrected chi connectivity index (χ0v) is 20.0. The molecule has 1 atom stereocenters. The van der Waals surface area contributed by atoms with E-state index in [4.69, 9.17) is 51.4 Å². The number of benzene rings is 2. The van der Waals surface area contributed by atoms with E-state index in [1.54, 1.807) is 36.7 Å². The van der Waals surface area contributed by atoms with Gasteiger partial charge in [-0.3, -0.25) is 9.78 Å². The van der Waals surface area contributed by atoms with Gasteiger partial charge in [-0.25, -0.2) is 4.98 Å². The third-order valence-electron chi connectivity index (χ3n) is 5.12. The van der Waals surface area contributed by atoms with E-state index in [1.807, 2.05) is 29.7 Å². The van der Waals surface area contributed by atoms with E-state index in [9.17, 15) is 4.79 Å². The van der Waals surface area contributed by atoms with Gasteiger partial charge < -0.3 is 9.88 Å². The van der Waals surface area contributed by atoms with Crippen molar-refractivity contribution in [3.63, 3.8) is 0 Å². The summed E-state index contributed by atoms with van der Waals surface area (Å²) in [5.74, 6) is 0.495. The molecule has 0 aliphatic heterocycles. The van der Waals surface area contributed by atoms with E-state index in [0.717, 1.165) is 11.1 Å². The van der Waals surface area contributed by atoms with Crippen molar-refractivity contribution in [3.05, 3.63) is 91.9 Å². The minimum Gasteiger partial charge on any atom is -0.350 e. The predicted molar refractivity (Wildman–Crippen MR) is 130 cm³/mol. The number of rotatable bonds is 6. The summed E-state index contributed by atoms with van der Waals surface area (Å²) in [6.07, 6.45) is 3.81. The minimum absolute atomic E-state index is 0.164. The summed E-state index contributed by atoms with van der Waals surface area (Å²) < 4.78 is 1.86. The van der Waals surface area contributed by atoms with E-state index < -0.39 is 6.04 Å². The average molecular weight is 508 g/mol. The first kappa shape index (κ1) is 22.9. The van der Waals surface area contributed by atoms with Crippen LogP contribution in [0.25, 0.3) is 11.0 Å². The number of nitrogens with zero attached hydrogens (tertiary/aromatic N) is 3. The second kappa shape index (κ2) is 9.67. The number of fused-ring (bicyclic) bond motifs is 1. The smallest absolute Gasteiger partial charge is 0.243 e. The molecule has 1 N–H and O–H groups in total. The van der Waals surface area contributed by atoms with E-state index in [2.05, 4.69) is 10.3 Å². The van der Waals surface area contributed by atoms with Crippen LogP contribution < -0.4 is 5.32 Å². The highest BCUT2D eigenvalue weighted by Crippen LogP contribution is 2.32. The van der Waals surface area contributed by atoms with Crippen molar-refractivity contribution in [3.8, 4) is 0 Å². The van der Waals surface area contributed by atoms with E-state index in [1.165, 1.54) is 0 Å². The van der Waals surface area contributed by atoms with Crippen LogP contribution in [0.5, 0.6) is 0 Å². The largest absolute Gasteiger partial charge is 0.350 e. The van der Waals surface area contributed by atoms with Gasteiger partial charge in [0.1, 0.15) is 11.9 Å². The molecule has 2 heterocycles. The van der Waals surface area contributed by atoms with Crippen LogP contribution in [0, 0.1) is 0 Å². The highest BCUT2D eigenvalue weighted by molar-refractivity contribution is 6.42. The van der Waals surface area contributed by atoms with Crippen LogP contribution in [-0.4, -0.2) is 20.4 Å². The molecule has 0 aliphatic rings. The van der Waals surface area contributed by atoms with E-state index >= 15 is 0 Å². The molecule has 9 heteroatoms. The maximum absolute atomic E-state index is 13.0. The lowest BCUT2D eigenvalue weighted by molar-refractivity contribution is -0.124. The molecular formula is C23H18Cl4N4O. The lowest BCUT2D eigenvalue weighted by atomic mass is 10.1. The minimum atomic E-state index is -0.560. The van der Waals surface area contributed by atoms with Gasteiger partial charge in [-0.1, -0.05) is 58.5 Å². The van der Waals surface area contributed by atoms with Crippen LogP contribution in [0.15, 0.2) is 54.9 Å². The van der Waals surface area contributed by atoms with Crippen molar-refractivity contribution in [2.45, 2.75) is 25.9 Å². The Hall–Kier alpha value is -2.31. The molecule has 0 saturated carbocycles. The van der Waals surface area contributed by atoms with Crippen LogP contribution in [0.1, 0.15) is 29.9 Å². The first-order chi connectivity index (χ1) is 15.3. The van der Waals surface area contributed by atoms with Crippen LogP contribution >= 0.6 is 46.4 Å². The quantitative estimate of drug-likeness (QED) is 0.323. The number of halogens is 4. The SMILES string of the molecule is C[C@H](C(=O)NCc1cccnc1)n1c(Cc2ccc(Cl)cc2Cl)nc2cc(Cl)c(Cl)cc21. The Bertz CT molecular complexity index is 1290. The first-order valence-electron chi connectivity index (χ1n) is 9.80. The van der Waals surface area contributed by atoms with Crippen molar-refractivity contribution in [1.29, 1.82) is 0 Å². The Labute approximate surface area is 205 Å². The molecule has 0 aliphatic carbocycles. The highest BCUT2D eigenvalue weighted by atomic mass is 35.5. The van der Waals surface area contributed by atoms with Gasteiger partial charge in [-0.05, 0) is 48.4 Å². The van der Waals surface area contributed by atoms with Gasteiger partial charge in [0.25, 0.3) is 0 Å². The van der Waals surface area contributed by atoms with Crippen molar-refractivity contribution >= 4 is 63.3 Å². The number of nitrogens with one attached hydrogen (secondary N) is 1. The molecule has 0 radical (unpaired) electrons. The fraction of sp³-hybridized carbons (Fsp3) is 0.174. The zero-order valence-electron chi connectivity index (χ0n) is 16.9. The van der Waals surface area contributed by atoms with Gasteiger partial charge in [0, 0.05) is 35.4 Å². The first-order valence-corrected chi connectivity index (χ1v) is 11.3. The molecule has 0 saturated heterocycles. The Morgan fingerprint density at radius 3 is 2.56 bits per heavy atom. The van der Waals surface area contributed by atoms with Gasteiger partial charge in [-0.15, -0.1) is 0 Å². The van der Waals surface area contributed by atoms with Crippen LogP contribution in [0.4, 0.5) is 0 Å². The molecule has 0 fully saturated rings. The molecule has 4 rings (SSSR count). The summed E-state index contributed by atoms with van der Waals surface area (Å²) in [7, 11) is 0. The average Bonchev–Trinajstić information content (AvgIpc) is 3.11. The number of amides is 1. The zero-order chi connectivity index (χ0) is 22.8. The normalized spacial score (nSPS) is 12.2. The fourth-order valence-electron chi connectivity index (χ4n) is 3.49. The van der Waals surface area contributed by atoms with Gasteiger partial charge in [0.05, 0.1) is 21.1 Å². The summed E-state index contributed by atoms with van der Waals surface area (Å²) in [6, 6.07) is 11.9. The Kier molecular flexibility index (Phi) is 6.91. The Morgan fingerprint density at radius 2 is 1.84 bits per heavy atom. The summed E-state index contributed by atoms with van der Waals surface area (Å²) >= 11 is 24.9. The van der Waals surface area contributed by atoms with Gasteiger partial charge >= 0.3 is 0 Å². The van der Waals surface area contributed by atoms with Crippen molar-refractivity contribution < 1.29 is 4.79 Å². The summed E-state index contributed by atoms with van der Waals surface area (Å²) in [6.45, 7) is 2.18. The van der Waals surface area contributed by atoms with Gasteiger partial charge in [-0.2, -0.15) is 0 Å². The van der Waals surface area contributed by atoms with Crippen LogP contribution in [0.3, 0.4) is 0 Å². The number of carbonyl (C=O) groups is 1. The lowest BCUT2D eigenvalue weighted by Gasteiger charge is -2.18. The monoisotopic (exact) mass is 506 g/mol. The number of hydrogen-bond donors (Lipinski definition) is 1. The van der Waals surface area contributed by atoms with Crippen LogP contribution in [-0.2, 0) is 17.8 Å². The topological polar surface area (TPSA) is 59.8 Å². The molecule has 2 aromatic heterocycles. The van der Waals surface area contributed by atoms with Gasteiger partial charge in [0.2, 0.25) is 5.91 Å². The summed E-state index contributed by atoms with van der Waals surface area (Å²) in [5, 5.41) is 4.82. The summed E-state index contributed by atoms with van der Waals surface area (Å²) in [4.78, 5) is 21.9. The molecule has 4 aromatic rings. The molecular weight excluding hydrogens is 490 g/mol. The lowest BCUT2D eigenvalue weighted by Crippen LogP contribution is -2.31. The third-order valence-corrected chi connectivity index (χ3v) is 6.43. The fourth-order valence-corrected chi connectivity index (χ4v) is 4.28. The van der Waals surface area contributed by atoms with Crippen molar-refractivity contribution in [2.24, 2.45) is 0 Å². The molecule has 0 bridgehead atoms. The number of aromatic nitrogens is 3. The molecule has 2 aromatic carbocycles. The summed E-state index contributed by atoms with van der Waals surface area (Å²) in [5.41, 5.74) is 3.11. The molecule has 5 nitrogen and oxygen atoms in total. The Morgan fingerprint density at radius 1 is 1.06 bits per heavy atom. The second-order valence-corrected chi connectivity index (χ2v) is 8.98. The number of hydrogen-bond acceptors (Lipinski definition) is 3. The maximum atomic E-state index is 13.0. The third kappa shape index (κ3) is 4.86. The van der Waals surface area contributed by atoms with E-state index in [0.29, 0.717) is 49.9 Å². The van der Waals surface area contributed by atoms with Crippen molar-refractivity contribution in [1.82, 2.24) is 19.9 Å². The molecule has 1 amide bonds. The Balaban J connectivity index is 1.71. The van der Waals surface area contributed by atoms with Crippen LogP contribution in [0.2, 0.25) is 20.1 Å². The number of carbonyl (C=O) groups excluding carboxylic acids is 1. The second-order valence-electron chi connectivity index (χ2n) is 7.32. The van der Waals surface area contributed by atoms with Gasteiger partial charge in [0.15, 0.2) is 0 Å². The van der Waals surface area contributed by atoms with Crippen molar-refractivity contribution in [2.75, 3.05) is 0 Å². The molecule has 32 heavy (non-hydrogen) atoms. The highest BCUT2D eigenvalue weighted by Gasteiger charge is 2.23. The number of pyridine rings is 1. The molecule has 164 valence electrons. The molecule has 0 unspecified atom stereocenters.